The van der Waals surface area contributed by atoms with Crippen molar-refractivity contribution in [3.05, 3.63) is 35.1 Å². The lowest BCUT2D eigenvalue weighted by Crippen LogP contribution is -2.47. The third-order valence-corrected chi connectivity index (χ3v) is 6.26. The Hall–Kier alpha value is -2.11. The minimum Gasteiger partial charge on any atom is -0.485 e. The van der Waals surface area contributed by atoms with Gasteiger partial charge in [-0.05, 0) is 37.8 Å². The number of carbonyl (C=O) groups is 1. The molecule has 2 unspecified atom stereocenters. The van der Waals surface area contributed by atoms with Gasteiger partial charge in [0.15, 0.2) is 12.0 Å². The molecule has 0 aromatic heterocycles. The average Bonchev–Trinajstić information content (AvgIpc) is 2.75. The van der Waals surface area contributed by atoms with Gasteiger partial charge in [-0.3, -0.25) is 14.8 Å². The number of ether oxygens (including phenoxy) is 1. The highest BCUT2D eigenvalue weighted by Gasteiger charge is 2.25. The van der Waals surface area contributed by atoms with Gasteiger partial charge in [0, 0.05) is 32.6 Å². The maximum atomic E-state index is 13.5. The zero-order chi connectivity index (χ0) is 22.2. The van der Waals surface area contributed by atoms with Crippen molar-refractivity contribution in [2.75, 3.05) is 26.2 Å². The lowest BCUT2D eigenvalue weighted by atomic mass is 9.98. The molecular weight excluding hydrogens is 430 g/mol. The van der Waals surface area contributed by atoms with Crippen molar-refractivity contribution in [1.29, 1.82) is 0 Å². The van der Waals surface area contributed by atoms with Crippen molar-refractivity contribution in [2.45, 2.75) is 50.8 Å². The van der Waals surface area contributed by atoms with E-state index in [0.29, 0.717) is 38.2 Å². The fourth-order valence-electron chi connectivity index (χ4n) is 3.85. The van der Waals surface area contributed by atoms with E-state index in [0.717, 1.165) is 32.1 Å². The van der Waals surface area contributed by atoms with Crippen LogP contribution in [-0.2, 0) is 20.8 Å². The van der Waals surface area contributed by atoms with E-state index in [1.54, 1.807) is 0 Å². The molecule has 1 saturated carbocycles. The minimum absolute atomic E-state index is 0.0538. The van der Waals surface area contributed by atoms with Crippen molar-refractivity contribution in [1.82, 2.24) is 14.6 Å². The number of nitrogens with one attached hydrogen (secondary N) is 1. The molecule has 3 rings (SSSR count). The van der Waals surface area contributed by atoms with Crippen LogP contribution in [0, 0.1) is 0 Å². The van der Waals surface area contributed by atoms with E-state index < -0.39 is 23.3 Å². The van der Waals surface area contributed by atoms with E-state index in [1.165, 1.54) is 22.7 Å². The van der Waals surface area contributed by atoms with E-state index in [2.05, 4.69) is 10.5 Å². The van der Waals surface area contributed by atoms with Crippen LogP contribution < -0.4 is 5.43 Å². The number of rotatable bonds is 8. The molecule has 2 fully saturated rings. The second kappa shape index (κ2) is 11.5. The van der Waals surface area contributed by atoms with Gasteiger partial charge in [-0.15, -0.1) is 0 Å². The topological polar surface area (TPSA) is 94.5 Å². The molecule has 1 heterocycles. The summed E-state index contributed by atoms with van der Waals surface area (Å²) in [5.41, 5.74) is 3.22. The molecule has 0 amide bonds. The zero-order valence-corrected chi connectivity index (χ0v) is 18.0. The summed E-state index contributed by atoms with van der Waals surface area (Å²) in [6.45, 7) is 1.43. The minimum atomic E-state index is -2.06. The molecule has 0 bridgehead atoms. The third kappa shape index (κ3) is 6.94. The maximum absolute atomic E-state index is 13.5. The largest absolute Gasteiger partial charge is 0.485 e. The van der Waals surface area contributed by atoms with Crippen LogP contribution in [0.3, 0.4) is 0 Å². The number of alkyl halides is 1. The van der Waals surface area contributed by atoms with Crippen LogP contribution in [0.2, 0.25) is 0 Å². The number of aldehydes is 1. The summed E-state index contributed by atoms with van der Waals surface area (Å²) in [5, 5.41) is 4.07. The Morgan fingerprint density at radius 3 is 2.58 bits per heavy atom. The van der Waals surface area contributed by atoms with Crippen LogP contribution in [0.4, 0.5) is 8.78 Å². The monoisotopic (exact) mass is 458 g/mol. The number of halogens is 2. The van der Waals surface area contributed by atoms with Gasteiger partial charge in [0.1, 0.15) is 17.7 Å². The molecule has 1 aliphatic heterocycles. The number of carbonyl (C=O) groups excluding carboxylic acids is 1. The standard InChI is InChI=1S/C20H28F2N4O4S/c21-15-10-16(22)12-17(11-15)24-23-13-19(25-6-8-26(9-7-25)31(28)29)20(14-27)30-18-4-2-1-3-5-18/h11-15,18,24H,1-10H2,(H,28,29)/b20-19-,23-13?. The number of piperazine rings is 1. The first kappa shape index (κ1) is 23.6. The fraction of sp³-hybridized carbons (Fsp3) is 0.600. The quantitative estimate of drug-likeness (QED) is 0.145. The van der Waals surface area contributed by atoms with Gasteiger partial charge >= 0.3 is 0 Å². The Morgan fingerprint density at radius 1 is 1.26 bits per heavy atom. The molecule has 172 valence electrons. The van der Waals surface area contributed by atoms with Gasteiger partial charge in [0.25, 0.3) is 0 Å². The van der Waals surface area contributed by atoms with Crippen LogP contribution in [0.1, 0.15) is 38.5 Å². The first-order valence-corrected chi connectivity index (χ1v) is 11.5. The highest BCUT2D eigenvalue weighted by molar-refractivity contribution is 7.76. The molecule has 0 spiro atoms. The summed E-state index contributed by atoms with van der Waals surface area (Å²) in [7, 11) is 0. The van der Waals surface area contributed by atoms with Gasteiger partial charge < -0.3 is 9.64 Å². The molecule has 11 heteroatoms. The van der Waals surface area contributed by atoms with Gasteiger partial charge in [-0.2, -0.15) is 9.41 Å². The van der Waals surface area contributed by atoms with Crippen LogP contribution in [0.25, 0.3) is 0 Å². The first-order valence-electron chi connectivity index (χ1n) is 10.4. The van der Waals surface area contributed by atoms with Crippen LogP contribution >= 0.6 is 0 Å². The van der Waals surface area contributed by atoms with Crippen molar-refractivity contribution in [3.8, 4) is 0 Å². The van der Waals surface area contributed by atoms with E-state index >= 15 is 0 Å². The molecule has 0 radical (unpaired) electrons. The molecule has 0 aromatic carbocycles. The Balaban J connectivity index is 1.77. The van der Waals surface area contributed by atoms with E-state index in [1.807, 2.05) is 4.90 Å². The molecule has 3 aliphatic rings. The Kier molecular flexibility index (Phi) is 8.73. The zero-order valence-electron chi connectivity index (χ0n) is 17.2. The molecule has 2 N–H and O–H groups in total. The number of hydrazone groups is 1. The summed E-state index contributed by atoms with van der Waals surface area (Å²) in [6.07, 6.45) is 7.64. The summed E-state index contributed by atoms with van der Waals surface area (Å²) in [6, 6.07) is 0. The predicted octanol–water partition coefficient (Wildman–Crippen LogP) is 2.56. The van der Waals surface area contributed by atoms with E-state index in [-0.39, 0.29) is 24.0 Å². The van der Waals surface area contributed by atoms with Crippen LogP contribution in [-0.4, -0.2) is 68.9 Å². The average molecular weight is 459 g/mol. The van der Waals surface area contributed by atoms with Gasteiger partial charge in [-0.1, -0.05) is 6.42 Å². The summed E-state index contributed by atoms with van der Waals surface area (Å²) < 4.78 is 55.0. The lowest BCUT2D eigenvalue weighted by molar-refractivity contribution is -0.109. The molecule has 2 aliphatic carbocycles. The smallest absolute Gasteiger partial charge is 0.234 e. The number of hydrogen-bond acceptors (Lipinski definition) is 6. The Morgan fingerprint density at radius 2 is 1.97 bits per heavy atom. The van der Waals surface area contributed by atoms with Crippen LogP contribution in [0.5, 0.6) is 0 Å². The van der Waals surface area contributed by atoms with Gasteiger partial charge in [0.2, 0.25) is 11.3 Å². The highest BCUT2D eigenvalue weighted by atomic mass is 32.2. The predicted molar refractivity (Wildman–Crippen MR) is 113 cm³/mol. The third-order valence-electron chi connectivity index (χ3n) is 5.45. The Labute approximate surface area is 183 Å². The summed E-state index contributed by atoms with van der Waals surface area (Å²) in [4.78, 5) is 13.7. The fourth-order valence-corrected chi connectivity index (χ4v) is 4.33. The van der Waals surface area contributed by atoms with Crippen molar-refractivity contribution in [3.63, 3.8) is 0 Å². The number of hydrogen-bond donors (Lipinski definition) is 2. The van der Waals surface area contributed by atoms with Crippen molar-refractivity contribution >= 4 is 23.8 Å². The maximum Gasteiger partial charge on any atom is 0.234 e. The van der Waals surface area contributed by atoms with E-state index in [4.69, 9.17) is 4.74 Å². The molecular formula is C20H28F2N4O4S. The lowest BCUT2D eigenvalue weighted by Gasteiger charge is -2.35. The second-order valence-corrected chi connectivity index (χ2v) is 8.67. The second-order valence-electron chi connectivity index (χ2n) is 7.70. The normalized spacial score (nSPS) is 25.5. The molecule has 31 heavy (non-hydrogen) atoms. The number of nitrogens with zero attached hydrogens (tertiary/aromatic N) is 3. The van der Waals surface area contributed by atoms with Crippen LogP contribution in [0.15, 0.2) is 40.2 Å². The van der Waals surface area contributed by atoms with Crippen molar-refractivity contribution < 1.29 is 27.1 Å². The Bertz CT molecular complexity index is 788. The number of allylic oxidation sites excluding steroid dienone is 5. The van der Waals surface area contributed by atoms with Gasteiger partial charge in [-0.25, -0.2) is 13.0 Å². The van der Waals surface area contributed by atoms with Crippen molar-refractivity contribution in [2.24, 2.45) is 5.10 Å². The molecule has 1 saturated heterocycles. The molecule has 8 nitrogen and oxygen atoms in total. The highest BCUT2D eigenvalue weighted by Crippen LogP contribution is 2.24. The van der Waals surface area contributed by atoms with E-state index in [9.17, 15) is 22.3 Å². The first-order chi connectivity index (χ1) is 15.0. The van der Waals surface area contributed by atoms with Gasteiger partial charge in [0.05, 0.1) is 18.0 Å². The summed E-state index contributed by atoms with van der Waals surface area (Å²) >= 11 is -2.06. The summed E-state index contributed by atoms with van der Waals surface area (Å²) in [5.74, 6) is -0.440. The SMILES string of the molecule is O=C/C(OC1CCCCC1)=C(\C=NNC1=CC(F)CC(F)=C1)N1CCN(S(=O)O)CC1. The molecule has 0 aromatic rings. The molecule has 2 atom stereocenters.